The predicted molar refractivity (Wildman–Crippen MR) is 67.9 cm³/mol. The number of hydrogen-bond acceptors (Lipinski definition) is 3. The van der Waals surface area contributed by atoms with Crippen molar-refractivity contribution in [2.75, 3.05) is 17.7 Å². The lowest BCUT2D eigenvalue weighted by Crippen LogP contribution is -2.30. The van der Waals surface area contributed by atoms with E-state index in [4.69, 9.17) is 22.1 Å². The van der Waals surface area contributed by atoms with Crippen molar-refractivity contribution in [1.29, 1.82) is 0 Å². The van der Waals surface area contributed by atoms with Crippen LogP contribution >= 0.6 is 11.6 Å². The number of rotatable bonds is 3. The smallest absolute Gasteiger partial charge is 0.0774 e. The fourth-order valence-corrected chi connectivity index (χ4v) is 2.17. The fourth-order valence-electron chi connectivity index (χ4n) is 2.00. The van der Waals surface area contributed by atoms with Crippen molar-refractivity contribution < 1.29 is 4.74 Å². The molecule has 3 N–H and O–H groups in total. The molecule has 0 bridgehead atoms. The van der Waals surface area contributed by atoms with E-state index in [-0.39, 0.29) is 12.1 Å². The third kappa shape index (κ3) is 2.42. The van der Waals surface area contributed by atoms with Crippen LogP contribution in [0.3, 0.4) is 0 Å². The average molecular weight is 241 g/mol. The van der Waals surface area contributed by atoms with E-state index in [9.17, 15) is 0 Å². The Bertz CT molecular complexity index is 364. The predicted octanol–water partition coefficient (Wildman–Crippen LogP) is 2.90. The van der Waals surface area contributed by atoms with Gasteiger partial charge in [0.05, 0.1) is 22.5 Å². The normalized spacial score (nSPS) is 22.0. The quantitative estimate of drug-likeness (QED) is 0.799. The van der Waals surface area contributed by atoms with Crippen molar-refractivity contribution in [3.05, 3.63) is 23.2 Å². The molecule has 0 radical (unpaired) electrons. The Hall–Kier alpha value is -0.930. The first-order chi connectivity index (χ1) is 7.68. The molecule has 0 saturated carbocycles. The van der Waals surface area contributed by atoms with Crippen LogP contribution in [0.15, 0.2) is 18.2 Å². The number of anilines is 2. The van der Waals surface area contributed by atoms with Gasteiger partial charge >= 0.3 is 0 Å². The molecule has 1 heterocycles. The summed E-state index contributed by atoms with van der Waals surface area (Å²) in [7, 11) is 0. The Morgan fingerprint density at radius 3 is 3.06 bits per heavy atom. The first-order valence-corrected chi connectivity index (χ1v) is 5.98. The van der Waals surface area contributed by atoms with Gasteiger partial charge in [0.25, 0.3) is 0 Å². The van der Waals surface area contributed by atoms with Gasteiger partial charge in [-0.05, 0) is 31.9 Å². The Morgan fingerprint density at radius 2 is 2.38 bits per heavy atom. The van der Waals surface area contributed by atoms with Gasteiger partial charge in [0.1, 0.15) is 0 Å². The van der Waals surface area contributed by atoms with Crippen LogP contribution in [-0.4, -0.2) is 18.8 Å². The second-order valence-corrected chi connectivity index (χ2v) is 4.59. The number of benzene rings is 1. The van der Waals surface area contributed by atoms with Crippen LogP contribution in [0.4, 0.5) is 11.4 Å². The van der Waals surface area contributed by atoms with Crippen molar-refractivity contribution in [2.45, 2.75) is 31.9 Å². The van der Waals surface area contributed by atoms with Crippen LogP contribution in [0, 0.1) is 0 Å². The molecule has 0 aromatic heterocycles. The molecular weight excluding hydrogens is 224 g/mol. The molecule has 2 rings (SSSR count). The first kappa shape index (κ1) is 11.6. The number of ether oxygens (including phenoxy) is 1. The van der Waals surface area contributed by atoms with E-state index in [0.29, 0.717) is 10.7 Å². The molecule has 2 atom stereocenters. The largest absolute Gasteiger partial charge is 0.396 e. The van der Waals surface area contributed by atoms with E-state index in [1.54, 1.807) is 6.07 Å². The summed E-state index contributed by atoms with van der Waals surface area (Å²) in [6, 6.07) is 5.87. The highest BCUT2D eigenvalue weighted by atomic mass is 35.5. The molecule has 3 nitrogen and oxygen atoms in total. The Balaban J connectivity index is 2.05. The summed E-state index contributed by atoms with van der Waals surface area (Å²) in [4.78, 5) is 0. The van der Waals surface area contributed by atoms with E-state index in [2.05, 4.69) is 12.2 Å². The van der Waals surface area contributed by atoms with Gasteiger partial charge < -0.3 is 15.8 Å². The molecule has 0 spiro atoms. The molecule has 1 fully saturated rings. The first-order valence-electron chi connectivity index (χ1n) is 5.60. The molecule has 1 aliphatic rings. The summed E-state index contributed by atoms with van der Waals surface area (Å²) >= 11 is 5.96. The van der Waals surface area contributed by atoms with Crippen molar-refractivity contribution in [3.8, 4) is 0 Å². The second kappa shape index (κ2) is 4.93. The maximum Gasteiger partial charge on any atom is 0.0774 e. The molecule has 0 amide bonds. The number of hydrogen-bond donors (Lipinski definition) is 2. The lowest BCUT2D eigenvalue weighted by Gasteiger charge is -2.22. The van der Waals surface area contributed by atoms with Crippen molar-refractivity contribution >= 4 is 23.0 Å². The molecule has 1 aromatic carbocycles. The minimum Gasteiger partial charge on any atom is -0.396 e. The average Bonchev–Trinajstić information content (AvgIpc) is 2.78. The monoisotopic (exact) mass is 240 g/mol. The lowest BCUT2D eigenvalue weighted by atomic mass is 10.1. The SMILES string of the molecule is CC(Nc1cccc(Cl)c1N)C1CCCO1. The van der Waals surface area contributed by atoms with Gasteiger partial charge in [0.2, 0.25) is 0 Å². The lowest BCUT2D eigenvalue weighted by molar-refractivity contribution is 0.0997. The minimum absolute atomic E-state index is 0.253. The molecule has 0 aliphatic carbocycles. The molecule has 4 heteroatoms. The Labute approximate surface area is 101 Å². The number of nitrogens with one attached hydrogen (secondary N) is 1. The van der Waals surface area contributed by atoms with Crippen molar-refractivity contribution in [3.63, 3.8) is 0 Å². The Morgan fingerprint density at radius 1 is 1.56 bits per heavy atom. The molecule has 16 heavy (non-hydrogen) atoms. The maximum atomic E-state index is 5.96. The highest BCUT2D eigenvalue weighted by molar-refractivity contribution is 6.33. The van der Waals surface area contributed by atoms with Crippen LogP contribution in [-0.2, 0) is 4.74 Å². The second-order valence-electron chi connectivity index (χ2n) is 4.19. The van der Waals surface area contributed by atoms with Gasteiger partial charge in [-0.1, -0.05) is 17.7 Å². The summed E-state index contributed by atoms with van der Waals surface area (Å²) in [5, 5.41) is 3.95. The zero-order valence-corrected chi connectivity index (χ0v) is 10.1. The van der Waals surface area contributed by atoms with E-state index >= 15 is 0 Å². The number of halogens is 1. The van der Waals surface area contributed by atoms with E-state index < -0.39 is 0 Å². The molecule has 1 aromatic rings. The molecule has 1 saturated heterocycles. The fraction of sp³-hybridized carbons (Fsp3) is 0.500. The number of nitrogens with two attached hydrogens (primary N) is 1. The van der Waals surface area contributed by atoms with Crippen LogP contribution in [0.1, 0.15) is 19.8 Å². The van der Waals surface area contributed by atoms with E-state index in [1.165, 1.54) is 0 Å². The van der Waals surface area contributed by atoms with Gasteiger partial charge in [0, 0.05) is 12.6 Å². The van der Waals surface area contributed by atoms with Gasteiger partial charge in [0.15, 0.2) is 0 Å². The van der Waals surface area contributed by atoms with Gasteiger partial charge in [-0.3, -0.25) is 0 Å². The molecule has 2 unspecified atom stereocenters. The van der Waals surface area contributed by atoms with E-state index in [1.807, 2.05) is 12.1 Å². The minimum atomic E-state index is 0.253. The van der Waals surface area contributed by atoms with Gasteiger partial charge in [-0.15, -0.1) is 0 Å². The zero-order valence-electron chi connectivity index (χ0n) is 9.37. The molecule has 88 valence electrons. The summed E-state index contributed by atoms with van der Waals surface area (Å²) in [6.07, 6.45) is 2.52. The summed E-state index contributed by atoms with van der Waals surface area (Å²) in [5.41, 5.74) is 7.38. The van der Waals surface area contributed by atoms with Gasteiger partial charge in [-0.25, -0.2) is 0 Å². The summed E-state index contributed by atoms with van der Waals surface area (Å²) in [5.74, 6) is 0. The highest BCUT2D eigenvalue weighted by Crippen LogP contribution is 2.28. The highest BCUT2D eigenvalue weighted by Gasteiger charge is 2.22. The third-order valence-corrected chi connectivity index (χ3v) is 3.29. The van der Waals surface area contributed by atoms with Crippen LogP contribution in [0.2, 0.25) is 5.02 Å². The zero-order chi connectivity index (χ0) is 11.5. The summed E-state index contributed by atoms with van der Waals surface area (Å²) in [6.45, 7) is 2.97. The standard InChI is InChI=1S/C12H17ClN2O/c1-8(11-6-3-7-16-11)15-10-5-2-4-9(13)12(10)14/h2,4-5,8,11,15H,3,6-7,14H2,1H3. The van der Waals surface area contributed by atoms with Crippen molar-refractivity contribution in [2.24, 2.45) is 0 Å². The number of para-hydroxylation sites is 1. The van der Waals surface area contributed by atoms with Crippen LogP contribution in [0.5, 0.6) is 0 Å². The molecule has 1 aliphatic heterocycles. The molecular formula is C12H17ClN2O. The Kier molecular flexibility index (Phi) is 3.56. The van der Waals surface area contributed by atoms with Crippen molar-refractivity contribution in [1.82, 2.24) is 0 Å². The van der Waals surface area contributed by atoms with Crippen LogP contribution in [0.25, 0.3) is 0 Å². The van der Waals surface area contributed by atoms with Crippen LogP contribution < -0.4 is 11.1 Å². The summed E-state index contributed by atoms with van der Waals surface area (Å²) < 4.78 is 5.62. The number of nitrogen functional groups attached to an aromatic ring is 1. The third-order valence-electron chi connectivity index (χ3n) is 2.96. The van der Waals surface area contributed by atoms with Gasteiger partial charge in [-0.2, -0.15) is 0 Å². The van der Waals surface area contributed by atoms with E-state index in [0.717, 1.165) is 25.1 Å². The topological polar surface area (TPSA) is 47.3 Å². The maximum absolute atomic E-state index is 5.96.